The third-order valence-corrected chi connectivity index (χ3v) is 8.47. The molecule has 0 radical (unpaired) electrons. The maximum absolute atomic E-state index is 13.8. The van der Waals surface area contributed by atoms with Crippen molar-refractivity contribution in [3.63, 3.8) is 0 Å². The van der Waals surface area contributed by atoms with Gasteiger partial charge in [-0.25, -0.2) is 4.98 Å². The number of ether oxygens (including phenoxy) is 2. The first-order valence-electron chi connectivity index (χ1n) is 14.5. The van der Waals surface area contributed by atoms with Gasteiger partial charge >= 0.3 is 5.97 Å². The number of hydrogen-bond donors (Lipinski definition) is 1. The van der Waals surface area contributed by atoms with Crippen molar-refractivity contribution >= 4 is 35.1 Å². The number of aromatic nitrogens is 3. The number of hydrogen-bond acceptors (Lipinski definition) is 7. The highest BCUT2D eigenvalue weighted by atomic mass is 35.5. The molecule has 0 aliphatic carbocycles. The summed E-state index contributed by atoms with van der Waals surface area (Å²) >= 11 is 6.09. The van der Waals surface area contributed by atoms with Crippen LogP contribution in [-0.4, -0.2) is 64.3 Å². The molecule has 2 saturated heterocycles. The van der Waals surface area contributed by atoms with Crippen LogP contribution in [0.15, 0.2) is 41.3 Å². The summed E-state index contributed by atoms with van der Waals surface area (Å²) in [6.45, 7) is 4.39. The minimum atomic E-state index is -0.710. The van der Waals surface area contributed by atoms with Gasteiger partial charge in [0, 0.05) is 49.2 Å². The molecule has 0 unspecified atom stereocenters. The van der Waals surface area contributed by atoms with Crippen LogP contribution in [0.25, 0.3) is 17.0 Å². The lowest BCUT2D eigenvalue weighted by Gasteiger charge is -2.39. The Hall–Kier alpha value is -3.37. The van der Waals surface area contributed by atoms with Crippen LogP contribution in [0.1, 0.15) is 58.3 Å². The predicted octanol–water partition coefficient (Wildman–Crippen LogP) is 4.20. The number of anilines is 1. The zero-order chi connectivity index (χ0) is 29.0. The molecule has 0 bridgehead atoms. The zero-order valence-corrected chi connectivity index (χ0v) is 24.5. The summed E-state index contributed by atoms with van der Waals surface area (Å²) in [4.78, 5) is 46.4. The van der Waals surface area contributed by atoms with Gasteiger partial charge in [-0.15, -0.1) is 0 Å². The van der Waals surface area contributed by atoms with Crippen molar-refractivity contribution in [1.82, 2.24) is 19.3 Å². The fourth-order valence-electron chi connectivity index (χ4n) is 5.93. The van der Waals surface area contributed by atoms with E-state index in [0.717, 1.165) is 31.2 Å². The summed E-state index contributed by atoms with van der Waals surface area (Å²) in [6.07, 6.45) is 7.39. The molecule has 1 N–H and O–H groups in total. The third kappa shape index (κ3) is 6.28. The second-order valence-corrected chi connectivity index (χ2v) is 11.4. The van der Waals surface area contributed by atoms with E-state index in [1.165, 1.54) is 7.11 Å². The smallest absolute Gasteiger partial charge is 0.307 e. The lowest BCUT2D eigenvalue weighted by atomic mass is 9.86. The molecule has 10 nitrogen and oxygen atoms in total. The van der Waals surface area contributed by atoms with Crippen molar-refractivity contribution in [1.29, 1.82) is 0 Å². The summed E-state index contributed by atoms with van der Waals surface area (Å²) in [5, 5.41) is 3.84. The Bertz CT molecular complexity index is 1440. The molecule has 2 fully saturated rings. The van der Waals surface area contributed by atoms with E-state index >= 15 is 0 Å². The molecule has 2 aromatic heterocycles. The number of unbranched alkanes of at least 4 members (excludes halogenated alkanes) is 2. The molecule has 220 valence electrons. The largest absolute Gasteiger partial charge is 0.469 e. The summed E-state index contributed by atoms with van der Waals surface area (Å²) in [5.74, 6) is 0.733. The summed E-state index contributed by atoms with van der Waals surface area (Å²) < 4.78 is 14.1. The fraction of sp³-hybridized carbons (Fsp3) is 0.533. The number of imidazole rings is 1. The van der Waals surface area contributed by atoms with Gasteiger partial charge in [0.25, 0.3) is 5.56 Å². The summed E-state index contributed by atoms with van der Waals surface area (Å²) in [5.41, 5.74) is 0.634. The Kier molecular flexibility index (Phi) is 8.99. The zero-order valence-electron chi connectivity index (χ0n) is 23.7. The number of esters is 1. The quantitative estimate of drug-likeness (QED) is 0.281. The number of fused-ring (bicyclic) bond motifs is 1. The SMILES string of the molecule is CCCCCn1c(N2CCC[C@H]2C(=O)NC2(CC(=O)OC)CCOCC2)cc(=O)n2cc(-c3ccc(Cl)cc3)nc12. The molecule has 2 aliphatic heterocycles. The normalized spacial score (nSPS) is 18.5. The molecule has 5 rings (SSSR count). The van der Waals surface area contributed by atoms with Crippen LogP contribution in [0, 0.1) is 0 Å². The van der Waals surface area contributed by atoms with Crippen molar-refractivity contribution < 1.29 is 19.1 Å². The van der Waals surface area contributed by atoms with E-state index < -0.39 is 11.6 Å². The Labute approximate surface area is 244 Å². The number of rotatable bonds is 10. The van der Waals surface area contributed by atoms with Gasteiger partial charge in [0.15, 0.2) is 0 Å². The molecule has 4 heterocycles. The van der Waals surface area contributed by atoms with Crippen molar-refractivity contribution in [2.45, 2.75) is 76.4 Å². The summed E-state index contributed by atoms with van der Waals surface area (Å²) in [7, 11) is 1.36. The van der Waals surface area contributed by atoms with Crippen LogP contribution < -0.4 is 15.8 Å². The molecule has 3 aromatic rings. The highest BCUT2D eigenvalue weighted by Gasteiger charge is 2.41. The van der Waals surface area contributed by atoms with Gasteiger partial charge in [-0.05, 0) is 44.2 Å². The van der Waals surface area contributed by atoms with Gasteiger partial charge in [0.1, 0.15) is 11.9 Å². The molecule has 1 amide bonds. The van der Waals surface area contributed by atoms with Crippen molar-refractivity contribution in [3.8, 4) is 11.3 Å². The van der Waals surface area contributed by atoms with Crippen molar-refractivity contribution in [2.24, 2.45) is 0 Å². The second kappa shape index (κ2) is 12.7. The molecule has 11 heteroatoms. The van der Waals surface area contributed by atoms with E-state index in [1.807, 2.05) is 17.0 Å². The molecular weight excluding hydrogens is 546 g/mol. The standard InChI is InChI=1S/C30H38ClN5O5/c1-3-4-5-14-35-25(18-26(37)36-20-23(32-29(35)36)21-8-10-22(31)11-9-21)34-15-6-7-24(34)28(39)33-30(19-27(38)40-2)12-16-41-17-13-30/h8-11,18,20,24H,3-7,12-17,19H2,1-2H3,(H,33,39)/t24-/m0/s1. The van der Waals surface area contributed by atoms with E-state index in [1.54, 1.807) is 28.8 Å². The molecule has 1 atom stereocenters. The van der Waals surface area contributed by atoms with Crippen molar-refractivity contribution in [3.05, 3.63) is 51.9 Å². The number of benzene rings is 1. The maximum atomic E-state index is 13.8. The second-order valence-electron chi connectivity index (χ2n) is 11.0. The topological polar surface area (TPSA) is 107 Å². The van der Waals surface area contributed by atoms with Gasteiger partial charge in [0.05, 0.1) is 24.8 Å². The molecule has 2 aliphatic rings. The Balaban J connectivity index is 1.50. The van der Waals surface area contributed by atoms with Crippen LogP contribution in [0.4, 0.5) is 5.82 Å². The first-order valence-corrected chi connectivity index (χ1v) is 14.8. The highest BCUT2D eigenvalue weighted by Crippen LogP contribution is 2.31. The van der Waals surface area contributed by atoms with Crippen LogP contribution in [-0.2, 0) is 25.6 Å². The van der Waals surface area contributed by atoms with Crippen LogP contribution in [0.2, 0.25) is 5.02 Å². The van der Waals surface area contributed by atoms with Crippen LogP contribution in [0.3, 0.4) is 0 Å². The Morgan fingerprint density at radius 2 is 1.95 bits per heavy atom. The van der Waals surface area contributed by atoms with E-state index in [4.69, 9.17) is 26.1 Å². The predicted molar refractivity (Wildman–Crippen MR) is 157 cm³/mol. The number of nitrogens with one attached hydrogen (secondary N) is 1. The van der Waals surface area contributed by atoms with E-state index in [2.05, 4.69) is 16.8 Å². The van der Waals surface area contributed by atoms with E-state index in [9.17, 15) is 14.4 Å². The summed E-state index contributed by atoms with van der Waals surface area (Å²) in [6, 6.07) is 8.53. The van der Waals surface area contributed by atoms with Gasteiger partial charge < -0.3 is 19.7 Å². The Morgan fingerprint density at radius 3 is 2.66 bits per heavy atom. The van der Waals surface area contributed by atoms with Crippen molar-refractivity contribution in [2.75, 3.05) is 31.8 Å². The maximum Gasteiger partial charge on any atom is 0.307 e. The molecular formula is C30H38ClN5O5. The van der Waals surface area contributed by atoms with Crippen LogP contribution >= 0.6 is 11.6 Å². The molecule has 0 spiro atoms. The fourth-order valence-corrected chi connectivity index (χ4v) is 6.06. The van der Waals surface area contributed by atoms with Gasteiger partial charge in [-0.2, -0.15) is 0 Å². The molecule has 0 saturated carbocycles. The third-order valence-electron chi connectivity index (χ3n) is 8.22. The van der Waals surface area contributed by atoms with E-state index in [0.29, 0.717) is 67.9 Å². The molecule has 41 heavy (non-hydrogen) atoms. The lowest BCUT2D eigenvalue weighted by Crippen LogP contribution is -2.57. The minimum absolute atomic E-state index is 0.0978. The number of nitrogens with zero attached hydrogens (tertiary/aromatic N) is 4. The highest BCUT2D eigenvalue weighted by molar-refractivity contribution is 6.30. The monoisotopic (exact) mass is 583 g/mol. The average molecular weight is 584 g/mol. The van der Waals surface area contributed by atoms with E-state index in [-0.39, 0.29) is 23.9 Å². The number of aryl methyl sites for hydroxylation is 1. The number of methoxy groups -OCH3 is 1. The Morgan fingerprint density at radius 1 is 1.20 bits per heavy atom. The van der Waals surface area contributed by atoms with Gasteiger partial charge in [-0.1, -0.05) is 43.5 Å². The lowest BCUT2D eigenvalue weighted by molar-refractivity contribution is -0.144. The molecule has 1 aromatic carbocycles. The first kappa shape index (κ1) is 29.1. The number of amides is 1. The minimum Gasteiger partial charge on any atom is -0.469 e. The van der Waals surface area contributed by atoms with Crippen LogP contribution in [0.5, 0.6) is 0 Å². The van der Waals surface area contributed by atoms with Gasteiger partial charge in [-0.3, -0.25) is 23.4 Å². The first-order chi connectivity index (χ1) is 19.8. The number of halogens is 1. The number of carbonyl (C=O) groups is 2. The average Bonchev–Trinajstić information content (AvgIpc) is 3.64. The van der Waals surface area contributed by atoms with Gasteiger partial charge in [0.2, 0.25) is 11.7 Å². The number of carbonyl (C=O) groups excluding carboxylic acids is 2.